The average Bonchev–Trinajstić information content (AvgIpc) is 2.84. The van der Waals surface area contributed by atoms with Crippen LogP contribution in [0.1, 0.15) is 65.7 Å². The van der Waals surface area contributed by atoms with Gasteiger partial charge in [-0.1, -0.05) is 19.9 Å². The Morgan fingerprint density at radius 3 is 2.67 bits per heavy atom. The van der Waals surface area contributed by atoms with Gasteiger partial charge in [0.2, 0.25) is 0 Å². The highest BCUT2D eigenvalue weighted by molar-refractivity contribution is 5.97. The molecular weight excluding hydrogens is 300 g/mol. The predicted molar refractivity (Wildman–Crippen MR) is 91.3 cm³/mol. The van der Waals surface area contributed by atoms with E-state index in [0.29, 0.717) is 48.6 Å². The predicted octanol–water partition coefficient (Wildman–Crippen LogP) is 3.90. The molecule has 4 rings (SSSR count). The maximum atomic E-state index is 13.3. The van der Waals surface area contributed by atoms with Crippen molar-refractivity contribution in [3.63, 3.8) is 0 Å². The molecular formula is C21H28O3. The fourth-order valence-corrected chi connectivity index (χ4v) is 6.98. The highest BCUT2D eigenvalue weighted by Gasteiger charge is 2.62. The summed E-state index contributed by atoms with van der Waals surface area (Å²) in [4.78, 5) is 37.3. The number of ketones is 3. The zero-order chi connectivity index (χ0) is 17.3. The molecule has 0 radical (unpaired) electrons. The number of Topliss-reactive ketones (excluding diaryl/α,β-unsaturated/α-hetero) is 3. The van der Waals surface area contributed by atoms with Crippen LogP contribution in [0.2, 0.25) is 0 Å². The molecule has 0 aliphatic heterocycles. The quantitative estimate of drug-likeness (QED) is 0.733. The van der Waals surface area contributed by atoms with Crippen LogP contribution in [0, 0.1) is 34.5 Å². The van der Waals surface area contributed by atoms with E-state index in [1.165, 1.54) is 0 Å². The van der Waals surface area contributed by atoms with Crippen molar-refractivity contribution < 1.29 is 14.4 Å². The van der Waals surface area contributed by atoms with Crippen LogP contribution in [-0.2, 0) is 14.4 Å². The second-order valence-corrected chi connectivity index (χ2v) is 9.24. The molecule has 0 aromatic rings. The minimum absolute atomic E-state index is 0.00574. The summed E-state index contributed by atoms with van der Waals surface area (Å²) in [5, 5.41) is 0. The van der Waals surface area contributed by atoms with E-state index in [-0.39, 0.29) is 22.5 Å². The van der Waals surface area contributed by atoms with Gasteiger partial charge in [0.15, 0.2) is 5.78 Å². The van der Waals surface area contributed by atoms with Gasteiger partial charge in [-0.25, -0.2) is 0 Å². The second-order valence-electron chi connectivity index (χ2n) is 9.24. The van der Waals surface area contributed by atoms with Crippen LogP contribution in [0.25, 0.3) is 0 Å². The molecule has 0 N–H and O–H groups in total. The van der Waals surface area contributed by atoms with Gasteiger partial charge in [-0.3, -0.25) is 14.4 Å². The molecule has 3 fully saturated rings. The van der Waals surface area contributed by atoms with E-state index in [1.807, 2.05) is 0 Å². The highest BCUT2D eigenvalue weighted by atomic mass is 16.1. The minimum Gasteiger partial charge on any atom is -0.300 e. The average molecular weight is 328 g/mol. The zero-order valence-corrected chi connectivity index (χ0v) is 15.1. The molecule has 0 spiro atoms. The van der Waals surface area contributed by atoms with Gasteiger partial charge in [0.1, 0.15) is 11.6 Å². The van der Waals surface area contributed by atoms with Crippen molar-refractivity contribution >= 4 is 17.3 Å². The Morgan fingerprint density at radius 1 is 1.21 bits per heavy atom. The van der Waals surface area contributed by atoms with Gasteiger partial charge in [0, 0.05) is 30.6 Å². The summed E-state index contributed by atoms with van der Waals surface area (Å²) in [6.07, 6.45) is 7.87. The zero-order valence-electron chi connectivity index (χ0n) is 15.1. The fraction of sp³-hybridized carbons (Fsp3) is 0.762. The van der Waals surface area contributed by atoms with E-state index in [0.717, 1.165) is 31.3 Å². The van der Waals surface area contributed by atoms with Crippen LogP contribution < -0.4 is 0 Å². The van der Waals surface area contributed by atoms with E-state index < -0.39 is 0 Å². The molecule has 4 aliphatic rings. The van der Waals surface area contributed by atoms with E-state index in [4.69, 9.17) is 0 Å². The van der Waals surface area contributed by atoms with Crippen LogP contribution in [0.5, 0.6) is 0 Å². The monoisotopic (exact) mass is 328 g/mol. The summed E-state index contributed by atoms with van der Waals surface area (Å²) in [6.45, 7) is 6.06. The van der Waals surface area contributed by atoms with Gasteiger partial charge in [-0.15, -0.1) is 0 Å². The SMILES string of the molecule is CC(=O)C1=CC[C@@H]2[C@@H]3CC[C@H]4CC(=O)CC[C@]4(C)[C@H]3C(=O)C[C@]12C. The smallest absolute Gasteiger partial charge is 0.156 e. The standard InChI is InChI=1S/C21H28O3/c1-12(22)16-6-7-17-15-5-4-13-10-14(23)8-9-20(13,2)19(15)18(24)11-21(16,17)3/h6,13,15,17,19H,4-5,7-11H2,1-3H3/t13-,15-,17+,19+,20-,21+/m0/s1. The van der Waals surface area contributed by atoms with Crippen molar-refractivity contribution in [2.45, 2.75) is 65.7 Å². The molecule has 0 heterocycles. The van der Waals surface area contributed by atoms with Crippen LogP contribution in [0.4, 0.5) is 0 Å². The largest absolute Gasteiger partial charge is 0.300 e. The van der Waals surface area contributed by atoms with Crippen molar-refractivity contribution in [1.82, 2.24) is 0 Å². The Kier molecular flexibility index (Phi) is 3.47. The van der Waals surface area contributed by atoms with E-state index in [9.17, 15) is 14.4 Å². The molecule has 130 valence electrons. The summed E-state index contributed by atoms with van der Waals surface area (Å²) in [5.41, 5.74) is 0.636. The lowest BCUT2D eigenvalue weighted by Gasteiger charge is -2.58. The number of hydrogen-bond acceptors (Lipinski definition) is 3. The van der Waals surface area contributed by atoms with E-state index in [2.05, 4.69) is 19.9 Å². The van der Waals surface area contributed by atoms with Gasteiger partial charge in [-0.2, -0.15) is 0 Å². The molecule has 6 atom stereocenters. The summed E-state index contributed by atoms with van der Waals surface area (Å²) < 4.78 is 0. The fourth-order valence-electron chi connectivity index (χ4n) is 6.98. The van der Waals surface area contributed by atoms with Gasteiger partial charge in [-0.05, 0) is 61.3 Å². The maximum absolute atomic E-state index is 13.3. The molecule has 0 unspecified atom stereocenters. The Balaban J connectivity index is 1.70. The summed E-state index contributed by atoms with van der Waals surface area (Å²) in [5.74, 6) is 2.17. The molecule has 4 aliphatic carbocycles. The molecule has 24 heavy (non-hydrogen) atoms. The normalized spacial score (nSPS) is 47.5. The molecule has 0 saturated heterocycles. The van der Waals surface area contributed by atoms with Crippen LogP contribution in [-0.4, -0.2) is 17.3 Å². The third kappa shape index (κ3) is 1.99. The van der Waals surface area contributed by atoms with E-state index >= 15 is 0 Å². The molecule has 0 aromatic heterocycles. The van der Waals surface area contributed by atoms with Crippen molar-refractivity contribution in [2.75, 3.05) is 0 Å². The van der Waals surface area contributed by atoms with Gasteiger partial charge < -0.3 is 0 Å². The third-order valence-electron chi connectivity index (χ3n) is 8.13. The molecule has 0 amide bonds. The summed E-state index contributed by atoms with van der Waals surface area (Å²) in [6, 6.07) is 0. The Labute approximate surface area is 144 Å². The number of allylic oxidation sites excluding steroid dienone is 2. The molecule has 0 aromatic carbocycles. The first-order valence-electron chi connectivity index (χ1n) is 9.53. The summed E-state index contributed by atoms with van der Waals surface area (Å²) in [7, 11) is 0. The van der Waals surface area contributed by atoms with Gasteiger partial charge in [0.05, 0.1) is 0 Å². The van der Waals surface area contributed by atoms with Crippen molar-refractivity contribution in [1.29, 1.82) is 0 Å². The Morgan fingerprint density at radius 2 is 1.96 bits per heavy atom. The second kappa shape index (κ2) is 5.12. The van der Waals surface area contributed by atoms with Crippen LogP contribution in [0.15, 0.2) is 11.6 Å². The lowest BCUT2D eigenvalue weighted by molar-refractivity contribution is -0.157. The van der Waals surface area contributed by atoms with Crippen molar-refractivity contribution in [3.05, 3.63) is 11.6 Å². The molecule has 3 heteroatoms. The lowest BCUT2D eigenvalue weighted by atomic mass is 9.44. The number of carbonyl (C=O) groups excluding carboxylic acids is 3. The first kappa shape index (κ1) is 16.2. The third-order valence-corrected chi connectivity index (χ3v) is 8.13. The van der Waals surface area contributed by atoms with E-state index in [1.54, 1.807) is 6.92 Å². The Bertz CT molecular complexity index is 660. The highest BCUT2D eigenvalue weighted by Crippen LogP contribution is 2.65. The van der Waals surface area contributed by atoms with Gasteiger partial charge in [0.25, 0.3) is 0 Å². The topological polar surface area (TPSA) is 51.2 Å². The van der Waals surface area contributed by atoms with Crippen molar-refractivity contribution in [2.24, 2.45) is 34.5 Å². The number of rotatable bonds is 1. The number of hydrogen-bond donors (Lipinski definition) is 0. The lowest BCUT2D eigenvalue weighted by Crippen LogP contribution is -2.57. The number of fused-ring (bicyclic) bond motifs is 5. The Hall–Kier alpha value is -1.25. The maximum Gasteiger partial charge on any atom is 0.156 e. The first-order chi connectivity index (χ1) is 11.3. The summed E-state index contributed by atoms with van der Waals surface area (Å²) >= 11 is 0. The molecule has 3 nitrogen and oxygen atoms in total. The molecule has 3 saturated carbocycles. The van der Waals surface area contributed by atoms with Crippen LogP contribution >= 0.6 is 0 Å². The first-order valence-corrected chi connectivity index (χ1v) is 9.53. The van der Waals surface area contributed by atoms with Crippen LogP contribution in [0.3, 0.4) is 0 Å². The molecule has 0 bridgehead atoms. The minimum atomic E-state index is -0.252. The number of carbonyl (C=O) groups is 3. The van der Waals surface area contributed by atoms with Crippen molar-refractivity contribution in [3.8, 4) is 0 Å². The van der Waals surface area contributed by atoms with Gasteiger partial charge >= 0.3 is 0 Å².